The van der Waals surface area contributed by atoms with E-state index in [1.54, 1.807) is 11.3 Å². The van der Waals surface area contributed by atoms with Crippen molar-refractivity contribution >= 4 is 21.6 Å². The van der Waals surface area contributed by atoms with E-state index in [-0.39, 0.29) is 0 Å². The molecule has 4 heteroatoms. The fourth-order valence-corrected chi connectivity index (χ4v) is 5.72. The van der Waals surface area contributed by atoms with E-state index in [9.17, 15) is 0 Å². The Kier molecular flexibility index (Phi) is 6.00. The molecule has 2 heterocycles. The molecule has 0 aliphatic rings. The van der Waals surface area contributed by atoms with E-state index in [1.165, 1.54) is 11.1 Å². The van der Waals surface area contributed by atoms with Crippen molar-refractivity contribution in [2.24, 2.45) is 0 Å². The average molecular weight is 518 g/mol. The van der Waals surface area contributed by atoms with Gasteiger partial charge in [0.05, 0.1) is 21.6 Å². The van der Waals surface area contributed by atoms with Crippen molar-refractivity contribution in [3.63, 3.8) is 0 Å². The summed E-state index contributed by atoms with van der Waals surface area (Å²) in [4.78, 5) is 14.9. The second-order valence-electron chi connectivity index (χ2n) is 9.34. The molecule has 7 aromatic rings. The van der Waals surface area contributed by atoms with E-state index in [1.807, 2.05) is 42.5 Å². The molecule has 0 N–H and O–H groups in total. The topological polar surface area (TPSA) is 38.7 Å². The van der Waals surface area contributed by atoms with Crippen molar-refractivity contribution < 1.29 is 0 Å². The highest BCUT2D eigenvalue weighted by Crippen LogP contribution is 2.34. The van der Waals surface area contributed by atoms with Crippen molar-refractivity contribution in [1.82, 2.24) is 15.0 Å². The molecule has 5 aromatic carbocycles. The van der Waals surface area contributed by atoms with Gasteiger partial charge in [0.1, 0.15) is 5.01 Å². The molecule has 0 aliphatic heterocycles. The quantitative estimate of drug-likeness (QED) is 0.228. The van der Waals surface area contributed by atoms with Crippen molar-refractivity contribution in [1.29, 1.82) is 0 Å². The van der Waals surface area contributed by atoms with Gasteiger partial charge >= 0.3 is 0 Å². The maximum absolute atomic E-state index is 5.05. The Morgan fingerprint density at radius 2 is 0.872 bits per heavy atom. The number of rotatable bonds is 5. The van der Waals surface area contributed by atoms with Crippen molar-refractivity contribution in [2.45, 2.75) is 0 Å². The lowest BCUT2D eigenvalue weighted by atomic mass is 10.0. The third-order valence-electron chi connectivity index (χ3n) is 6.75. The van der Waals surface area contributed by atoms with Crippen molar-refractivity contribution in [3.05, 3.63) is 140 Å². The normalized spacial score (nSPS) is 11.1. The largest absolute Gasteiger partial charge is 0.236 e. The summed E-state index contributed by atoms with van der Waals surface area (Å²) in [6.07, 6.45) is 0. The molecule has 0 saturated heterocycles. The standard InChI is InChI=1S/C35H23N3S/c1-4-10-24(11-5-1)25-16-18-27(19-17-25)32-23-31(26-12-6-2-7-13-26)36-34(37-32)29-20-21-30-33(22-29)39-35(38-30)28-14-8-3-9-15-28/h1-23H. The van der Waals surface area contributed by atoms with Crippen molar-refractivity contribution in [2.75, 3.05) is 0 Å². The molecule has 0 saturated carbocycles. The van der Waals surface area contributed by atoms with E-state index in [0.717, 1.165) is 48.9 Å². The second-order valence-corrected chi connectivity index (χ2v) is 10.4. The average Bonchev–Trinajstić information content (AvgIpc) is 3.46. The van der Waals surface area contributed by atoms with Crippen LogP contribution < -0.4 is 0 Å². The second kappa shape index (κ2) is 10.1. The summed E-state index contributed by atoms with van der Waals surface area (Å²) in [7, 11) is 0. The number of hydrogen-bond donors (Lipinski definition) is 0. The predicted octanol–water partition coefficient (Wildman–Crippen LogP) is 9.42. The maximum atomic E-state index is 5.05. The van der Waals surface area contributed by atoms with Crippen molar-refractivity contribution in [3.8, 4) is 55.6 Å². The fourth-order valence-electron chi connectivity index (χ4n) is 4.71. The number of thiazole rings is 1. The van der Waals surface area contributed by atoms with Crippen LogP contribution in [0.4, 0.5) is 0 Å². The lowest BCUT2D eigenvalue weighted by Gasteiger charge is -2.10. The summed E-state index contributed by atoms with van der Waals surface area (Å²) < 4.78 is 1.12. The van der Waals surface area contributed by atoms with Gasteiger partial charge in [-0.3, -0.25) is 0 Å². The summed E-state index contributed by atoms with van der Waals surface area (Å²) in [5.41, 5.74) is 9.39. The molecule has 184 valence electrons. The van der Waals surface area contributed by atoms with E-state index in [4.69, 9.17) is 15.0 Å². The molecule has 0 aliphatic carbocycles. The van der Waals surface area contributed by atoms with Gasteiger partial charge in [-0.2, -0.15) is 0 Å². The number of hydrogen-bond acceptors (Lipinski definition) is 4. The highest BCUT2D eigenvalue weighted by atomic mass is 32.1. The number of fused-ring (bicyclic) bond motifs is 1. The number of aromatic nitrogens is 3. The van der Waals surface area contributed by atoms with Crippen LogP contribution in [-0.4, -0.2) is 15.0 Å². The monoisotopic (exact) mass is 517 g/mol. The Hall–Kier alpha value is -4.93. The molecule has 2 aromatic heterocycles. The summed E-state index contributed by atoms with van der Waals surface area (Å²) >= 11 is 1.69. The van der Waals surface area contributed by atoms with Gasteiger partial charge in [-0.15, -0.1) is 11.3 Å². The van der Waals surface area contributed by atoms with Gasteiger partial charge in [0.15, 0.2) is 5.82 Å². The van der Waals surface area contributed by atoms with E-state index in [0.29, 0.717) is 5.82 Å². The summed E-state index contributed by atoms with van der Waals surface area (Å²) in [6.45, 7) is 0. The van der Waals surface area contributed by atoms with Gasteiger partial charge in [-0.05, 0) is 35.4 Å². The lowest BCUT2D eigenvalue weighted by molar-refractivity contribution is 1.18. The molecule has 0 atom stereocenters. The highest BCUT2D eigenvalue weighted by Gasteiger charge is 2.13. The minimum atomic E-state index is 0.704. The van der Waals surface area contributed by atoms with Gasteiger partial charge in [0, 0.05) is 22.3 Å². The number of nitrogens with zero attached hydrogens (tertiary/aromatic N) is 3. The fraction of sp³-hybridized carbons (Fsp3) is 0. The maximum Gasteiger partial charge on any atom is 0.160 e. The van der Waals surface area contributed by atoms with Crippen LogP contribution in [0.3, 0.4) is 0 Å². The first kappa shape index (κ1) is 23.2. The van der Waals surface area contributed by atoms with Gasteiger partial charge in [-0.1, -0.05) is 115 Å². The molecule has 0 bridgehead atoms. The van der Waals surface area contributed by atoms with Crippen LogP contribution >= 0.6 is 11.3 Å². The molecule has 0 fully saturated rings. The Labute approximate surface area is 231 Å². The van der Waals surface area contributed by atoms with E-state index < -0.39 is 0 Å². The first-order valence-corrected chi connectivity index (χ1v) is 13.7. The third kappa shape index (κ3) is 4.74. The zero-order valence-electron chi connectivity index (χ0n) is 21.0. The van der Waals surface area contributed by atoms with Gasteiger partial charge in [0.2, 0.25) is 0 Å². The molecule has 7 rings (SSSR count). The smallest absolute Gasteiger partial charge is 0.160 e. The highest BCUT2D eigenvalue weighted by molar-refractivity contribution is 7.21. The lowest BCUT2D eigenvalue weighted by Crippen LogP contribution is -1.96. The predicted molar refractivity (Wildman–Crippen MR) is 162 cm³/mol. The summed E-state index contributed by atoms with van der Waals surface area (Å²) in [5.74, 6) is 0.704. The van der Waals surface area contributed by atoms with Crippen LogP contribution in [0, 0.1) is 0 Å². The Morgan fingerprint density at radius 1 is 0.385 bits per heavy atom. The molecule has 3 nitrogen and oxygen atoms in total. The van der Waals surface area contributed by atoms with E-state index >= 15 is 0 Å². The van der Waals surface area contributed by atoms with Gasteiger partial charge < -0.3 is 0 Å². The molecular formula is C35H23N3S. The van der Waals surface area contributed by atoms with Crippen LogP contribution in [0.15, 0.2) is 140 Å². The first-order chi connectivity index (χ1) is 19.3. The van der Waals surface area contributed by atoms with Gasteiger partial charge in [-0.25, -0.2) is 15.0 Å². The summed E-state index contributed by atoms with van der Waals surface area (Å²) in [6, 6.07) is 48.0. The molecule has 0 amide bonds. The third-order valence-corrected chi connectivity index (χ3v) is 7.82. The SMILES string of the molecule is c1ccc(-c2ccc(-c3cc(-c4ccccc4)nc(-c4ccc5nc(-c6ccccc6)sc5c4)n3)cc2)cc1. The molecule has 0 unspecified atom stereocenters. The first-order valence-electron chi connectivity index (χ1n) is 12.9. The van der Waals surface area contributed by atoms with Gasteiger partial charge in [0.25, 0.3) is 0 Å². The minimum absolute atomic E-state index is 0.704. The van der Waals surface area contributed by atoms with E-state index in [2.05, 4.69) is 97.1 Å². The van der Waals surface area contributed by atoms with Crippen LogP contribution in [0.25, 0.3) is 65.8 Å². The zero-order valence-corrected chi connectivity index (χ0v) is 21.8. The Morgan fingerprint density at radius 3 is 1.51 bits per heavy atom. The molecule has 0 spiro atoms. The molecule has 0 radical (unpaired) electrons. The number of benzene rings is 5. The Bertz CT molecular complexity index is 1880. The zero-order chi connectivity index (χ0) is 26.0. The van der Waals surface area contributed by atoms with Crippen LogP contribution in [-0.2, 0) is 0 Å². The minimum Gasteiger partial charge on any atom is -0.236 e. The molecule has 39 heavy (non-hydrogen) atoms. The van der Waals surface area contributed by atoms with Crippen LogP contribution in [0.1, 0.15) is 0 Å². The molecular weight excluding hydrogens is 494 g/mol. The van der Waals surface area contributed by atoms with Crippen LogP contribution in [0.5, 0.6) is 0 Å². The Balaban J connectivity index is 1.32. The van der Waals surface area contributed by atoms with Crippen LogP contribution in [0.2, 0.25) is 0 Å². The summed E-state index contributed by atoms with van der Waals surface area (Å²) in [5, 5.41) is 1.01.